The topological polar surface area (TPSA) is 3.24 Å². The minimum Gasteiger partial charge on any atom is -0.332 e. The van der Waals surface area contributed by atoms with Crippen LogP contribution in [0.2, 0.25) is 0 Å². The molecule has 1 aromatic carbocycles. The van der Waals surface area contributed by atoms with Gasteiger partial charge in [-0.25, -0.2) is 0 Å². The first-order valence-electron chi connectivity index (χ1n) is 6.67. The molecule has 1 radical (unpaired) electrons. The molecular formula is C16H22NRh-. The van der Waals surface area contributed by atoms with E-state index in [9.17, 15) is 0 Å². The summed E-state index contributed by atoms with van der Waals surface area (Å²) in [5.41, 5.74) is 6.47. The zero-order chi connectivity index (χ0) is 12.2. The molecule has 1 aromatic rings. The molecule has 3 rings (SSSR count). The number of nitrogens with zero attached hydrogens (tertiary/aromatic N) is 1. The average Bonchev–Trinajstić information content (AvgIpc) is 2.29. The van der Waals surface area contributed by atoms with Gasteiger partial charge in [0, 0.05) is 19.5 Å². The summed E-state index contributed by atoms with van der Waals surface area (Å²) in [6.07, 6.45) is 5.05. The van der Waals surface area contributed by atoms with Crippen LogP contribution in [0.3, 0.4) is 0 Å². The van der Waals surface area contributed by atoms with Crippen molar-refractivity contribution < 1.29 is 19.5 Å². The Balaban J connectivity index is 0.00000120. The number of likely N-dealkylation sites (tertiary alicyclic amines) is 1. The molecule has 1 fully saturated rings. The number of piperidine rings is 1. The van der Waals surface area contributed by atoms with Gasteiger partial charge in [0.1, 0.15) is 0 Å². The first-order chi connectivity index (χ1) is 8.01. The smallest absolute Gasteiger partial charge is 0 e. The predicted octanol–water partition coefficient (Wildman–Crippen LogP) is 3.02. The van der Waals surface area contributed by atoms with E-state index in [1.807, 2.05) is 0 Å². The second kappa shape index (κ2) is 4.72. The fourth-order valence-electron chi connectivity index (χ4n) is 3.70. The van der Waals surface area contributed by atoms with Gasteiger partial charge < -0.3 is 11.3 Å². The number of benzene rings is 1. The molecule has 0 spiro atoms. The number of hydrogen-bond acceptors (Lipinski definition) is 1. The van der Waals surface area contributed by atoms with Gasteiger partial charge in [-0.05, 0) is 50.6 Å². The van der Waals surface area contributed by atoms with Crippen molar-refractivity contribution in [3.05, 3.63) is 40.8 Å². The zero-order valence-electron chi connectivity index (χ0n) is 11.7. The average molecular weight is 331 g/mol. The monoisotopic (exact) mass is 331 g/mol. The molecule has 1 aliphatic carbocycles. The van der Waals surface area contributed by atoms with Gasteiger partial charge in [-0.1, -0.05) is 31.0 Å². The van der Waals surface area contributed by atoms with Crippen LogP contribution in [0.4, 0.5) is 0 Å². The van der Waals surface area contributed by atoms with Crippen LogP contribution in [-0.4, -0.2) is 24.5 Å². The van der Waals surface area contributed by atoms with Crippen LogP contribution in [0.25, 0.3) is 0 Å². The van der Waals surface area contributed by atoms with E-state index >= 15 is 0 Å². The molecule has 2 bridgehead atoms. The molecule has 101 valence electrons. The quantitative estimate of drug-likeness (QED) is 0.522. The maximum Gasteiger partial charge on any atom is 0 e. The molecule has 0 amide bonds. The van der Waals surface area contributed by atoms with Crippen LogP contribution in [0.1, 0.15) is 35.6 Å². The number of aryl methyl sites for hydroxylation is 1. The molecule has 0 N–H and O–H groups in total. The minimum absolute atomic E-state index is 0. The van der Waals surface area contributed by atoms with Crippen molar-refractivity contribution in [1.29, 1.82) is 0 Å². The molecule has 1 unspecified atom stereocenters. The van der Waals surface area contributed by atoms with Gasteiger partial charge in [-0.15, -0.1) is 11.5 Å². The molecule has 1 nitrogen and oxygen atoms in total. The first-order valence-corrected chi connectivity index (χ1v) is 6.67. The minimum atomic E-state index is 0. The van der Waals surface area contributed by atoms with E-state index < -0.39 is 0 Å². The van der Waals surface area contributed by atoms with Crippen LogP contribution < -0.4 is 0 Å². The van der Waals surface area contributed by atoms with Crippen LogP contribution in [0.15, 0.2) is 12.1 Å². The standard InChI is InChI=1S/C16H22N.Rh/c1-11-5-6-13-9-14-10-16(3,7-8-17(14)4)15(13)12(11)2;/h5-6,10,14H,7-9H2,1-4H3;/q-1;/t14?,16-;/m1./s1. The van der Waals surface area contributed by atoms with Crippen molar-refractivity contribution in [3.63, 3.8) is 0 Å². The molecular weight excluding hydrogens is 309 g/mol. The predicted molar refractivity (Wildman–Crippen MR) is 72.3 cm³/mol. The third kappa shape index (κ3) is 1.98. The fraction of sp³-hybridized carbons (Fsp3) is 0.562. The second-order valence-electron chi connectivity index (χ2n) is 6.13. The van der Waals surface area contributed by atoms with Crippen molar-refractivity contribution >= 4 is 0 Å². The van der Waals surface area contributed by atoms with Gasteiger partial charge in [0.25, 0.3) is 0 Å². The molecule has 0 aromatic heterocycles. The van der Waals surface area contributed by atoms with Crippen LogP contribution in [0, 0.1) is 20.3 Å². The molecule has 1 heterocycles. The summed E-state index contributed by atoms with van der Waals surface area (Å²) in [6, 6.07) is 5.29. The van der Waals surface area contributed by atoms with E-state index in [4.69, 9.17) is 0 Å². The van der Waals surface area contributed by atoms with Gasteiger partial charge in [0.15, 0.2) is 0 Å². The maximum absolute atomic E-state index is 2.59. The fourth-order valence-corrected chi connectivity index (χ4v) is 3.70. The van der Waals surface area contributed by atoms with Gasteiger partial charge in [-0.2, -0.15) is 0 Å². The van der Waals surface area contributed by atoms with E-state index in [0.717, 1.165) is 0 Å². The third-order valence-electron chi connectivity index (χ3n) is 4.93. The normalized spacial score (nSPS) is 30.6. The van der Waals surface area contributed by atoms with Gasteiger partial charge >= 0.3 is 0 Å². The third-order valence-corrected chi connectivity index (χ3v) is 4.93. The molecule has 2 aliphatic rings. The van der Waals surface area contributed by atoms with E-state index in [1.54, 1.807) is 11.1 Å². The Morgan fingerprint density at radius 3 is 2.78 bits per heavy atom. The Labute approximate surface area is 124 Å². The van der Waals surface area contributed by atoms with E-state index in [-0.39, 0.29) is 19.5 Å². The molecule has 18 heavy (non-hydrogen) atoms. The van der Waals surface area contributed by atoms with Crippen molar-refractivity contribution in [3.8, 4) is 0 Å². The first kappa shape index (κ1) is 14.2. The van der Waals surface area contributed by atoms with Crippen LogP contribution in [-0.2, 0) is 31.3 Å². The van der Waals surface area contributed by atoms with Crippen molar-refractivity contribution in [1.82, 2.24) is 4.90 Å². The summed E-state index contributed by atoms with van der Waals surface area (Å²) >= 11 is 0. The molecule has 2 heteroatoms. The van der Waals surface area contributed by atoms with Crippen molar-refractivity contribution in [2.75, 3.05) is 13.6 Å². The summed E-state index contributed by atoms with van der Waals surface area (Å²) in [5, 5.41) is 0. The Kier molecular flexibility index (Phi) is 3.73. The Bertz CT molecular complexity index is 468. The Morgan fingerprint density at radius 1 is 1.33 bits per heavy atom. The van der Waals surface area contributed by atoms with Gasteiger partial charge in [0.05, 0.1) is 0 Å². The summed E-state index contributed by atoms with van der Waals surface area (Å²) in [5.74, 6) is 0. The zero-order valence-corrected chi connectivity index (χ0v) is 13.3. The molecule has 0 saturated carbocycles. The molecule has 1 saturated heterocycles. The molecule has 2 atom stereocenters. The second-order valence-corrected chi connectivity index (χ2v) is 6.13. The largest absolute Gasteiger partial charge is 0.332 e. The van der Waals surface area contributed by atoms with Gasteiger partial charge in [0.2, 0.25) is 0 Å². The number of fused-ring (bicyclic) bond motifs is 4. The summed E-state index contributed by atoms with van der Waals surface area (Å²) in [7, 11) is 2.26. The van der Waals surface area contributed by atoms with Crippen LogP contribution in [0.5, 0.6) is 0 Å². The van der Waals surface area contributed by atoms with E-state index in [1.165, 1.54) is 30.5 Å². The number of likely N-dealkylation sites (N-methyl/N-ethyl adjacent to an activating group) is 1. The summed E-state index contributed by atoms with van der Waals surface area (Å²) < 4.78 is 0. The molecule has 1 aliphatic heterocycles. The van der Waals surface area contributed by atoms with Crippen molar-refractivity contribution in [2.45, 2.75) is 45.1 Å². The maximum atomic E-state index is 2.59. The SMILES string of the molecule is Cc1ccc2c(c1C)[C@@]1(C)[CH-]C(C2)N(C)CC1.[Rh]. The Morgan fingerprint density at radius 2 is 2.06 bits per heavy atom. The Hall–Kier alpha value is -0.197. The van der Waals surface area contributed by atoms with E-state index in [2.05, 4.69) is 51.3 Å². The summed E-state index contributed by atoms with van der Waals surface area (Å²) in [4.78, 5) is 2.50. The van der Waals surface area contributed by atoms with Crippen molar-refractivity contribution in [2.24, 2.45) is 0 Å². The summed E-state index contributed by atoms with van der Waals surface area (Å²) in [6.45, 7) is 8.19. The van der Waals surface area contributed by atoms with Gasteiger partial charge in [-0.3, -0.25) is 0 Å². The van der Waals surface area contributed by atoms with E-state index in [0.29, 0.717) is 11.5 Å². The number of hydrogen-bond donors (Lipinski definition) is 0. The van der Waals surface area contributed by atoms with Crippen LogP contribution >= 0.6 is 0 Å². The number of rotatable bonds is 0.